The number of hydrogen-bond donors (Lipinski definition) is 1. The molecule has 0 aromatic heterocycles. The van der Waals surface area contributed by atoms with Gasteiger partial charge in [0.05, 0.1) is 0 Å². The van der Waals surface area contributed by atoms with Gasteiger partial charge in [-0.05, 0) is 50.2 Å². The van der Waals surface area contributed by atoms with Crippen LogP contribution in [0.15, 0.2) is 24.3 Å². The summed E-state index contributed by atoms with van der Waals surface area (Å²) in [5.74, 6) is 0. The number of benzene rings is 1. The molecule has 0 aliphatic rings. The summed E-state index contributed by atoms with van der Waals surface area (Å²) in [6.45, 7) is 3.98. The Kier molecular flexibility index (Phi) is 5.17. The van der Waals surface area contributed by atoms with E-state index in [-0.39, 0.29) is 5.41 Å². The van der Waals surface area contributed by atoms with Crippen LogP contribution in [0.25, 0.3) is 0 Å². The topological polar surface area (TPSA) is 32.5 Å². The van der Waals surface area contributed by atoms with Crippen molar-refractivity contribution >= 4 is 5.69 Å². The lowest BCUT2D eigenvalue weighted by Gasteiger charge is -2.31. The Bertz CT molecular complexity index is 357. The van der Waals surface area contributed by atoms with Crippen LogP contribution in [0, 0.1) is 5.41 Å². The molecule has 0 aliphatic carbocycles. The molecule has 0 aliphatic heterocycles. The maximum Gasteiger partial charge on any atom is 0.0361 e. The molecular formula is C15H27N3. The summed E-state index contributed by atoms with van der Waals surface area (Å²) in [5, 5.41) is 0. The average Bonchev–Trinajstić information content (AvgIpc) is 2.28. The fourth-order valence-electron chi connectivity index (χ4n) is 2.36. The molecule has 1 aromatic rings. The fourth-order valence-corrected chi connectivity index (χ4v) is 2.36. The summed E-state index contributed by atoms with van der Waals surface area (Å²) in [5.41, 5.74) is 8.68. The van der Waals surface area contributed by atoms with Gasteiger partial charge in [0.1, 0.15) is 0 Å². The van der Waals surface area contributed by atoms with Crippen LogP contribution >= 0.6 is 0 Å². The van der Waals surface area contributed by atoms with Gasteiger partial charge in [-0.2, -0.15) is 0 Å². The molecule has 18 heavy (non-hydrogen) atoms. The Balaban J connectivity index is 2.76. The lowest BCUT2D eigenvalue weighted by atomic mass is 9.83. The van der Waals surface area contributed by atoms with Crippen LogP contribution in [0.5, 0.6) is 0 Å². The van der Waals surface area contributed by atoms with Crippen molar-refractivity contribution in [2.45, 2.75) is 13.3 Å². The molecule has 1 rings (SSSR count). The minimum Gasteiger partial charge on any atom is -0.378 e. The molecule has 3 heteroatoms. The molecule has 0 spiro atoms. The highest BCUT2D eigenvalue weighted by Crippen LogP contribution is 2.23. The number of rotatable bonds is 6. The van der Waals surface area contributed by atoms with Gasteiger partial charge >= 0.3 is 0 Å². The van der Waals surface area contributed by atoms with E-state index in [4.69, 9.17) is 5.73 Å². The Morgan fingerprint density at radius 2 is 1.61 bits per heavy atom. The van der Waals surface area contributed by atoms with E-state index in [2.05, 4.69) is 69.2 Å². The molecule has 102 valence electrons. The minimum atomic E-state index is 0.142. The monoisotopic (exact) mass is 249 g/mol. The van der Waals surface area contributed by atoms with E-state index in [0.29, 0.717) is 6.54 Å². The zero-order chi connectivity index (χ0) is 13.8. The number of nitrogens with zero attached hydrogens (tertiary/aromatic N) is 2. The van der Waals surface area contributed by atoms with Crippen molar-refractivity contribution in [3.8, 4) is 0 Å². The van der Waals surface area contributed by atoms with E-state index >= 15 is 0 Å². The van der Waals surface area contributed by atoms with Crippen molar-refractivity contribution in [3.63, 3.8) is 0 Å². The van der Waals surface area contributed by atoms with Crippen molar-refractivity contribution in [2.24, 2.45) is 11.1 Å². The van der Waals surface area contributed by atoms with Crippen LogP contribution in [-0.4, -0.2) is 46.2 Å². The first-order valence-corrected chi connectivity index (χ1v) is 6.47. The van der Waals surface area contributed by atoms with Gasteiger partial charge in [0.15, 0.2) is 0 Å². The molecule has 0 saturated carbocycles. The summed E-state index contributed by atoms with van der Waals surface area (Å²) in [4.78, 5) is 4.33. The van der Waals surface area contributed by atoms with Gasteiger partial charge in [-0.3, -0.25) is 0 Å². The molecule has 0 heterocycles. The predicted molar refractivity (Wildman–Crippen MR) is 80.2 cm³/mol. The molecule has 0 amide bonds. The first kappa shape index (κ1) is 15.0. The molecule has 1 unspecified atom stereocenters. The lowest BCUT2D eigenvalue weighted by Crippen LogP contribution is -2.39. The second-order valence-electron chi connectivity index (χ2n) is 5.99. The molecule has 0 saturated heterocycles. The first-order valence-electron chi connectivity index (χ1n) is 6.47. The summed E-state index contributed by atoms with van der Waals surface area (Å²) in [6.07, 6.45) is 1.02. The van der Waals surface area contributed by atoms with Gasteiger partial charge in [0.25, 0.3) is 0 Å². The summed E-state index contributed by atoms with van der Waals surface area (Å²) < 4.78 is 0. The number of anilines is 1. The van der Waals surface area contributed by atoms with Gasteiger partial charge < -0.3 is 15.5 Å². The highest BCUT2D eigenvalue weighted by atomic mass is 15.1. The molecule has 1 aromatic carbocycles. The third-order valence-corrected chi connectivity index (χ3v) is 3.27. The van der Waals surface area contributed by atoms with E-state index in [9.17, 15) is 0 Å². The lowest BCUT2D eigenvalue weighted by molar-refractivity contribution is 0.224. The van der Waals surface area contributed by atoms with Crippen molar-refractivity contribution in [2.75, 3.05) is 46.2 Å². The van der Waals surface area contributed by atoms with Gasteiger partial charge in [0.2, 0.25) is 0 Å². The van der Waals surface area contributed by atoms with Crippen LogP contribution < -0.4 is 10.6 Å². The van der Waals surface area contributed by atoms with Crippen molar-refractivity contribution < 1.29 is 0 Å². The van der Waals surface area contributed by atoms with Crippen LogP contribution in [0.4, 0.5) is 5.69 Å². The van der Waals surface area contributed by atoms with Crippen LogP contribution in [0.2, 0.25) is 0 Å². The van der Waals surface area contributed by atoms with Gasteiger partial charge in [-0.25, -0.2) is 0 Å². The summed E-state index contributed by atoms with van der Waals surface area (Å²) in [7, 11) is 8.32. The Morgan fingerprint density at radius 1 is 1.06 bits per heavy atom. The van der Waals surface area contributed by atoms with Crippen molar-refractivity contribution in [3.05, 3.63) is 29.8 Å². The quantitative estimate of drug-likeness (QED) is 0.835. The third-order valence-electron chi connectivity index (χ3n) is 3.27. The Morgan fingerprint density at radius 3 is 2.00 bits per heavy atom. The molecule has 3 nitrogen and oxygen atoms in total. The highest BCUT2D eigenvalue weighted by molar-refractivity contribution is 5.46. The molecule has 0 bridgehead atoms. The van der Waals surface area contributed by atoms with E-state index in [0.717, 1.165) is 13.0 Å². The van der Waals surface area contributed by atoms with E-state index in [1.54, 1.807) is 0 Å². The second kappa shape index (κ2) is 6.21. The zero-order valence-corrected chi connectivity index (χ0v) is 12.4. The highest BCUT2D eigenvalue weighted by Gasteiger charge is 2.23. The maximum absolute atomic E-state index is 5.95. The van der Waals surface area contributed by atoms with Gasteiger partial charge in [-0.15, -0.1) is 0 Å². The van der Waals surface area contributed by atoms with Gasteiger partial charge in [-0.1, -0.05) is 19.1 Å². The Labute approximate surface area is 112 Å². The van der Waals surface area contributed by atoms with Crippen LogP contribution in [-0.2, 0) is 6.42 Å². The molecule has 2 N–H and O–H groups in total. The SMILES string of the molecule is CN(C)CC(C)(CN)Cc1ccc(N(C)C)cc1. The van der Waals surface area contributed by atoms with E-state index in [1.165, 1.54) is 11.3 Å². The van der Waals surface area contributed by atoms with E-state index < -0.39 is 0 Å². The maximum atomic E-state index is 5.95. The molecule has 0 radical (unpaired) electrons. The van der Waals surface area contributed by atoms with Gasteiger partial charge in [0, 0.05) is 26.3 Å². The summed E-state index contributed by atoms with van der Waals surface area (Å²) >= 11 is 0. The third kappa shape index (κ3) is 4.31. The first-order chi connectivity index (χ1) is 8.36. The number of hydrogen-bond acceptors (Lipinski definition) is 3. The summed E-state index contributed by atoms with van der Waals surface area (Å²) in [6, 6.07) is 8.75. The fraction of sp³-hybridized carbons (Fsp3) is 0.600. The zero-order valence-electron chi connectivity index (χ0n) is 12.4. The molecule has 1 atom stereocenters. The Hall–Kier alpha value is -1.06. The van der Waals surface area contributed by atoms with E-state index in [1.807, 2.05) is 0 Å². The standard InChI is InChI=1S/C15H27N3/c1-15(11-16,12-17(2)3)10-13-6-8-14(9-7-13)18(4)5/h6-9H,10-12,16H2,1-5H3. The predicted octanol–water partition coefficient (Wildman–Crippen LogP) is 1.82. The van der Waals surface area contributed by atoms with Crippen LogP contribution in [0.1, 0.15) is 12.5 Å². The van der Waals surface area contributed by atoms with Crippen molar-refractivity contribution in [1.82, 2.24) is 4.90 Å². The van der Waals surface area contributed by atoms with Crippen LogP contribution in [0.3, 0.4) is 0 Å². The van der Waals surface area contributed by atoms with Crippen molar-refractivity contribution in [1.29, 1.82) is 0 Å². The number of nitrogens with two attached hydrogens (primary N) is 1. The molecular weight excluding hydrogens is 222 g/mol. The largest absolute Gasteiger partial charge is 0.378 e. The molecule has 0 fully saturated rings. The smallest absolute Gasteiger partial charge is 0.0361 e. The average molecular weight is 249 g/mol. The minimum absolute atomic E-state index is 0.142. The second-order valence-corrected chi connectivity index (χ2v) is 5.99. The normalized spacial score (nSPS) is 14.6.